The van der Waals surface area contributed by atoms with Gasteiger partial charge in [-0.05, 0) is 57.9 Å². The highest BCUT2D eigenvalue weighted by Gasteiger charge is 2.29. The molecule has 0 bridgehead atoms. The van der Waals surface area contributed by atoms with Gasteiger partial charge in [-0.3, -0.25) is 0 Å². The number of piperidine rings is 1. The quantitative estimate of drug-likeness (QED) is 0.655. The summed E-state index contributed by atoms with van der Waals surface area (Å²) < 4.78 is 16.3. The zero-order valence-corrected chi connectivity index (χ0v) is 20.6. The minimum absolute atomic E-state index is 0.235. The molecule has 0 atom stereocenters. The number of benzene rings is 1. The van der Waals surface area contributed by atoms with Gasteiger partial charge in [0.25, 0.3) is 0 Å². The standard InChI is InChI=1S/C25H36N4O4/c1-25(2,3)33-24(30)29-14-11-19(12-15-29)28(4)21-8-7-13-26-23(21)27-17-18-9-10-20(31-5)16-22(18)32-6/h7-10,13,16,19H,11-12,14-15,17H2,1-6H3,(H,26,27). The number of amides is 1. The van der Waals surface area contributed by atoms with Crippen LogP contribution in [-0.4, -0.2) is 62.0 Å². The molecule has 0 spiro atoms. The summed E-state index contributed by atoms with van der Waals surface area (Å²) >= 11 is 0. The Hall–Kier alpha value is -3.16. The lowest BCUT2D eigenvalue weighted by Gasteiger charge is -2.38. The van der Waals surface area contributed by atoms with Crippen molar-refractivity contribution >= 4 is 17.6 Å². The van der Waals surface area contributed by atoms with Gasteiger partial charge in [0, 0.05) is 50.6 Å². The van der Waals surface area contributed by atoms with Gasteiger partial charge in [-0.15, -0.1) is 0 Å². The van der Waals surface area contributed by atoms with E-state index < -0.39 is 5.60 Å². The zero-order valence-electron chi connectivity index (χ0n) is 20.6. The fourth-order valence-electron chi connectivity index (χ4n) is 3.95. The molecular weight excluding hydrogens is 420 g/mol. The van der Waals surface area contributed by atoms with Crippen molar-refractivity contribution in [3.8, 4) is 11.5 Å². The molecule has 0 radical (unpaired) electrons. The zero-order chi connectivity index (χ0) is 24.0. The van der Waals surface area contributed by atoms with Gasteiger partial charge in [0.1, 0.15) is 22.9 Å². The number of likely N-dealkylation sites (tertiary alicyclic amines) is 1. The maximum atomic E-state index is 12.4. The number of carbonyl (C=O) groups excluding carboxylic acids is 1. The summed E-state index contributed by atoms with van der Waals surface area (Å²) in [6.45, 7) is 7.60. The molecule has 2 aromatic rings. The topological polar surface area (TPSA) is 76.2 Å². The third-order valence-electron chi connectivity index (χ3n) is 5.77. The monoisotopic (exact) mass is 456 g/mol. The second-order valence-electron chi connectivity index (χ2n) is 9.21. The van der Waals surface area contributed by atoms with E-state index >= 15 is 0 Å². The minimum Gasteiger partial charge on any atom is -0.497 e. The molecule has 8 nitrogen and oxygen atoms in total. The molecule has 8 heteroatoms. The molecule has 1 N–H and O–H groups in total. The smallest absolute Gasteiger partial charge is 0.410 e. The molecule has 1 aromatic carbocycles. The Morgan fingerprint density at radius 2 is 1.91 bits per heavy atom. The number of aromatic nitrogens is 1. The number of hydrogen-bond donors (Lipinski definition) is 1. The summed E-state index contributed by atoms with van der Waals surface area (Å²) in [7, 11) is 5.38. The highest BCUT2D eigenvalue weighted by molar-refractivity contribution is 5.69. The van der Waals surface area contributed by atoms with Crippen LogP contribution in [0, 0.1) is 0 Å². The molecule has 1 amide bonds. The number of rotatable bonds is 7. The van der Waals surface area contributed by atoms with Crippen LogP contribution < -0.4 is 19.7 Å². The molecule has 1 aromatic heterocycles. The van der Waals surface area contributed by atoms with Gasteiger partial charge in [-0.2, -0.15) is 0 Å². The predicted molar refractivity (Wildman–Crippen MR) is 130 cm³/mol. The van der Waals surface area contributed by atoms with E-state index in [-0.39, 0.29) is 6.09 Å². The van der Waals surface area contributed by atoms with E-state index in [0.29, 0.717) is 25.7 Å². The van der Waals surface area contributed by atoms with Crippen molar-refractivity contribution in [2.45, 2.75) is 51.8 Å². The van der Waals surface area contributed by atoms with Crippen LogP contribution in [0.25, 0.3) is 0 Å². The highest BCUT2D eigenvalue weighted by atomic mass is 16.6. The van der Waals surface area contributed by atoms with Gasteiger partial charge >= 0.3 is 6.09 Å². The second-order valence-corrected chi connectivity index (χ2v) is 9.21. The fraction of sp³-hybridized carbons (Fsp3) is 0.520. The van der Waals surface area contributed by atoms with Crippen molar-refractivity contribution in [1.82, 2.24) is 9.88 Å². The molecule has 2 heterocycles. The van der Waals surface area contributed by atoms with Crippen LogP contribution in [0.2, 0.25) is 0 Å². The molecule has 0 aliphatic carbocycles. The Balaban J connectivity index is 1.64. The SMILES string of the molecule is COc1ccc(CNc2ncccc2N(C)C2CCN(C(=O)OC(C)(C)C)CC2)c(OC)c1. The number of ether oxygens (including phenoxy) is 3. The van der Waals surface area contributed by atoms with Crippen LogP contribution >= 0.6 is 0 Å². The van der Waals surface area contributed by atoms with Crippen molar-refractivity contribution in [2.75, 3.05) is 44.6 Å². The first-order valence-corrected chi connectivity index (χ1v) is 11.3. The number of methoxy groups -OCH3 is 2. The lowest BCUT2D eigenvalue weighted by molar-refractivity contribution is 0.0205. The van der Waals surface area contributed by atoms with E-state index in [1.165, 1.54) is 0 Å². The van der Waals surface area contributed by atoms with E-state index in [0.717, 1.165) is 41.4 Å². The average molecular weight is 457 g/mol. The second kappa shape index (κ2) is 10.6. The van der Waals surface area contributed by atoms with E-state index in [4.69, 9.17) is 14.2 Å². The van der Waals surface area contributed by atoms with Gasteiger partial charge in [-0.25, -0.2) is 9.78 Å². The highest BCUT2D eigenvalue weighted by Crippen LogP contribution is 2.30. The lowest BCUT2D eigenvalue weighted by Crippen LogP contribution is -2.47. The molecule has 3 rings (SSSR count). The Bertz CT molecular complexity index is 936. The summed E-state index contributed by atoms with van der Waals surface area (Å²) in [5, 5.41) is 3.46. The van der Waals surface area contributed by atoms with Gasteiger partial charge in [0.15, 0.2) is 0 Å². The third-order valence-corrected chi connectivity index (χ3v) is 5.77. The first-order valence-electron chi connectivity index (χ1n) is 11.3. The van der Waals surface area contributed by atoms with Crippen molar-refractivity contribution in [2.24, 2.45) is 0 Å². The van der Waals surface area contributed by atoms with Crippen LogP contribution in [0.1, 0.15) is 39.2 Å². The Morgan fingerprint density at radius 1 is 1.18 bits per heavy atom. The van der Waals surface area contributed by atoms with E-state index in [1.807, 2.05) is 45.0 Å². The van der Waals surface area contributed by atoms with Gasteiger partial charge in [-0.1, -0.05) is 0 Å². The van der Waals surface area contributed by atoms with Crippen molar-refractivity contribution in [1.29, 1.82) is 0 Å². The molecule has 1 saturated heterocycles. The number of carbonyl (C=O) groups is 1. The van der Waals surface area contributed by atoms with Crippen LogP contribution in [0.15, 0.2) is 36.5 Å². The lowest BCUT2D eigenvalue weighted by atomic mass is 10.0. The van der Waals surface area contributed by atoms with Gasteiger partial charge in [0.05, 0.1) is 19.9 Å². The number of hydrogen-bond acceptors (Lipinski definition) is 7. The van der Waals surface area contributed by atoms with Crippen LogP contribution in [0.4, 0.5) is 16.3 Å². The Morgan fingerprint density at radius 3 is 2.55 bits per heavy atom. The third kappa shape index (κ3) is 6.43. The van der Waals surface area contributed by atoms with Gasteiger partial charge < -0.3 is 29.3 Å². The predicted octanol–water partition coefficient (Wildman–Crippen LogP) is 4.55. The van der Waals surface area contributed by atoms with Crippen LogP contribution in [0.3, 0.4) is 0 Å². The molecular formula is C25H36N4O4. The number of pyridine rings is 1. The van der Waals surface area contributed by atoms with Gasteiger partial charge in [0.2, 0.25) is 0 Å². The van der Waals surface area contributed by atoms with Crippen molar-refractivity contribution < 1.29 is 19.0 Å². The van der Waals surface area contributed by atoms with Crippen LogP contribution in [0.5, 0.6) is 11.5 Å². The molecule has 180 valence electrons. The maximum absolute atomic E-state index is 12.4. The van der Waals surface area contributed by atoms with Crippen LogP contribution in [-0.2, 0) is 11.3 Å². The summed E-state index contributed by atoms with van der Waals surface area (Å²) in [5.41, 5.74) is 1.57. The summed E-state index contributed by atoms with van der Waals surface area (Å²) in [5.74, 6) is 2.33. The Labute approximate surface area is 196 Å². The molecule has 0 saturated carbocycles. The minimum atomic E-state index is -0.479. The Kier molecular flexibility index (Phi) is 7.89. The van der Waals surface area contributed by atoms with E-state index in [2.05, 4.69) is 28.3 Å². The number of nitrogens with zero attached hydrogens (tertiary/aromatic N) is 3. The average Bonchev–Trinajstić information content (AvgIpc) is 2.81. The first kappa shape index (κ1) is 24.5. The number of nitrogens with one attached hydrogen (secondary N) is 1. The summed E-state index contributed by atoms with van der Waals surface area (Å²) in [6.07, 6.45) is 3.30. The molecule has 0 unspecified atom stereocenters. The van der Waals surface area contributed by atoms with E-state index in [9.17, 15) is 4.79 Å². The largest absolute Gasteiger partial charge is 0.497 e. The number of anilines is 2. The molecule has 1 aliphatic heterocycles. The maximum Gasteiger partial charge on any atom is 0.410 e. The molecule has 1 aliphatic rings. The van der Waals surface area contributed by atoms with Crippen molar-refractivity contribution in [3.05, 3.63) is 42.1 Å². The van der Waals surface area contributed by atoms with E-state index in [1.54, 1.807) is 25.3 Å². The normalized spacial score (nSPS) is 14.5. The fourth-order valence-corrected chi connectivity index (χ4v) is 3.95. The first-order chi connectivity index (χ1) is 15.7. The molecule has 1 fully saturated rings. The summed E-state index contributed by atoms with van der Waals surface area (Å²) in [4.78, 5) is 21.0. The summed E-state index contributed by atoms with van der Waals surface area (Å²) in [6, 6.07) is 10.1. The molecule has 33 heavy (non-hydrogen) atoms. The van der Waals surface area contributed by atoms with Crippen molar-refractivity contribution in [3.63, 3.8) is 0 Å².